The molecule has 1 aliphatic heterocycles. The van der Waals surface area contributed by atoms with Crippen LogP contribution in [0.15, 0.2) is 0 Å². The minimum atomic E-state index is -0.915. The molecule has 14 heavy (non-hydrogen) atoms. The third kappa shape index (κ3) is 2.18. The van der Waals surface area contributed by atoms with Crippen molar-refractivity contribution in [2.75, 3.05) is 13.6 Å². The fraction of sp³-hybridized carbons (Fsp3) is 0.500. The van der Waals surface area contributed by atoms with E-state index in [1.165, 1.54) is 11.3 Å². The monoisotopic (exact) mass is 206 g/mol. The third-order valence-electron chi connectivity index (χ3n) is 2.11. The van der Waals surface area contributed by atoms with Gasteiger partial charge in [-0.25, -0.2) is 9.78 Å². The zero-order valence-corrected chi connectivity index (χ0v) is 8.10. The second-order valence-corrected chi connectivity index (χ2v) is 4.27. The molecular formula is C8H11LiN2O2S. The molecule has 0 bridgehead atoms. The minimum absolute atomic E-state index is 0. The van der Waals surface area contributed by atoms with Gasteiger partial charge >= 0.3 is 24.8 Å². The van der Waals surface area contributed by atoms with E-state index >= 15 is 0 Å². The molecule has 1 N–H and O–H groups in total. The number of fused-ring (bicyclic) bond motifs is 1. The molecule has 1 aliphatic rings. The number of carboxylic acids is 1. The molecule has 6 heteroatoms. The van der Waals surface area contributed by atoms with Gasteiger partial charge in [0.15, 0.2) is 0 Å². The van der Waals surface area contributed by atoms with Crippen LogP contribution in [0.2, 0.25) is 0 Å². The second kappa shape index (κ2) is 4.45. The van der Waals surface area contributed by atoms with Gasteiger partial charge in [-0.1, -0.05) is 0 Å². The summed E-state index contributed by atoms with van der Waals surface area (Å²) in [6, 6.07) is 0. The quantitative estimate of drug-likeness (QED) is 0.666. The van der Waals surface area contributed by atoms with Crippen molar-refractivity contribution < 1.29 is 9.90 Å². The maximum absolute atomic E-state index is 10.6. The van der Waals surface area contributed by atoms with Crippen LogP contribution in [0, 0.1) is 0 Å². The summed E-state index contributed by atoms with van der Waals surface area (Å²) in [4.78, 5) is 18.0. The van der Waals surface area contributed by atoms with Crippen molar-refractivity contribution in [3.05, 3.63) is 15.6 Å². The van der Waals surface area contributed by atoms with Crippen LogP contribution in [0.1, 0.15) is 20.4 Å². The van der Waals surface area contributed by atoms with Crippen molar-refractivity contribution in [1.82, 2.24) is 9.88 Å². The summed E-state index contributed by atoms with van der Waals surface area (Å²) in [5, 5.41) is 8.96. The Morgan fingerprint density at radius 3 is 3.00 bits per heavy atom. The zero-order valence-electron chi connectivity index (χ0n) is 7.28. The predicted octanol–water partition coefficient (Wildman–Crippen LogP) is 0.181. The van der Waals surface area contributed by atoms with Gasteiger partial charge in [-0.3, -0.25) is 0 Å². The van der Waals surface area contributed by atoms with Crippen molar-refractivity contribution in [2.45, 2.75) is 13.0 Å². The standard InChI is InChI=1S/C8H10N2O2S.Li.H/c1-10-3-2-5-6(4-10)13-7(9-5)8(11)12;;/h2-4H2,1H3,(H,11,12);;. The first-order valence-electron chi connectivity index (χ1n) is 4.07. The number of aromatic nitrogens is 1. The molecule has 1 aromatic heterocycles. The summed E-state index contributed by atoms with van der Waals surface area (Å²) in [7, 11) is 2.03. The Bertz CT molecular complexity index is 353. The first kappa shape index (κ1) is 11.7. The van der Waals surface area contributed by atoms with Crippen LogP contribution in [-0.2, 0) is 13.0 Å². The van der Waals surface area contributed by atoms with Crippen molar-refractivity contribution in [1.29, 1.82) is 0 Å². The number of nitrogens with zero attached hydrogens (tertiary/aromatic N) is 2. The van der Waals surface area contributed by atoms with E-state index in [0.29, 0.717) is 0 Å². The molecule has 72 valence electrons. The fourth-order valence-electron chi connectivity index (χ4n) is 1.41. The van der Waals surface area contributed by atoms with E-state index in [2.05, 4.69) is 9.88 Å². The summed E-state index contributed by atoms with van der Waals surface area (Å²) < 4.78 is 0. The molecule has 2 heterocycles. The molecular weight excluding hydrogens is 195 g/mol. The molecule has 1 aromatic rings. The Balaban J connectivity index is 0.000000980. The molecule has 0 spiro atoms. The molecule has 4 nitrogen and oxygen atoms in total. The normalized spacial score (nSPS) is 15.8. The van der Waals surface area contributed by atoms with Crippen LogP contribution in [0.5, 0.6) is 0 Å². The van der Waals surface area contributed by atoms with Crippen molar-refractivity contribution >= 4 is 36.2 Å². The van der Waals surface area contributed by atoms with E-state index in [9.17, 15) is 4.79 Å². The van der Waals surface area contributed by atoms with Crippen LogP contribution in [0.4, 0.5) is 0 Å². The molecule has 0 fully saturated rings. The molecule has 0 amide bonds. The number of thiazole rings is 1. The van der Waals surface area contributed by atoms with E-state index in [1.54, 1.807) is 0 Å². The van der Waals surface area contributed by atoms with Gasteiger partial charge in [-0.15, -0.1) is 11.3 Å². The van der Waals surface area contributed by atoms with Crippen LogP contribution >= 0.6 is 11.3 Å². The molecule has 0 radical (unpaired) electrons. The average molecular weight is 206 g/mol. The Morgan fingerprint density at radius 2 is 2.36 bits per heavy atom. The van der Waals surface area contributed by atoms with Gasteiger partial charge < -0.3 is 10.0 Å². The second-order valence-electron chi connectivity index (χ2n) is 3.18. The molecule has 0 atom stereocenters. The number of rotatable bonds is 1. The van der Waals surface area contributed by atoms with Gasteiger partial charge in [0.1, 0.15) is 0 Å². The zero-order chi connectivity index (χ0) is 9.42. The van der Waals surface area contributed by atoms with Crippen molar-refractivity contribution in [3.63, 3.8) is 0 Å². The van der Waals surface area contributed by atoms with E-state index in [4.69, 9.17) is 5.11 Å². The summed E-state index contributed by atoms with van der Waals surface area (Å²) in [6.45, 7) is 1.80. The molecule has 0 saturated carbocycles. The third-order valence-corrected chi connectivity index (χ3v) is 3.18. The molecule has 0 saturated heterocycles. The van der Waals surface area contributed by atoms with Gasteiger partial charge in [-0.05, 0) is 7.05 Å². The number of carbonyl (C=O) groups is 1. The Hall–Kier alpha value is -0.343. The predicted molar refractivity (Wildman–Crippen MR) is 56.3 cm³/mol. The van der Waals surface area contributed by atoms with Crippen molar-refractivity contribution in [3.8, 4) is 0 Å². The van der Waals surface area contributed by atoms with Crippen LogP contribution in [0.25, 0.3) is 0 Å². The summed E-state index contributed by atoms with van der Waals surface area (Å²) in [5.74, 6) is -0.915. The summed E-state index contributed by atoms with van der Waals surface area (Å²) >= 11 is 1.29. The molecule has 0 unspecified atom stereocenters. The van der Waals surface area contributed by atoms with Gasteiger partial charge in [0.05, 0.1) is 5.69 Å². The first-order chi connectivity index (χ1) is 6.16. The Labute approximate surface area is 98.1 Å². The van der Waals surface area contributed by atoms with Crippen LogP contribution < -0.4 is 0 Å². The number of likely N-dealkylation sites (N-methyl/N-ethyl adjacent to an activating group) is 1. The van der Waals surface area contributed by atoms with Gasteiger partial charge in [0.2, 0.25) is 5.01 Å². The number of hydrogen-bond acceptors (Lipinski definition) is 4. The van der Waals surface area contributed by atoms with Gasteiger partial charge in [-0.2, -0.15) is 0 Å². The summed E-state index contributed by atoms with van der Waals surface area (Å²) in [5.41, 5.74) is 0.973. The fourth-order valence-corrected chi connectivity index (χ4v) is 2.44. The molecule has 0 aliphatic carbocycles. The van der Waals surface area contributed by atoms with E-state index in [-0.39, 0.29) is 23.9 Å². The Kier molecular flexibility index (Phi) is 3.73. The summed E-state index contributed by atoms with van der Waals surface area (Å²) in [6.07, 6.45) is 0.871. The topological polar surface area (TPSA) is 53.4 Å². The van der Waals surface area contributed by atoms with E-state index < -0.39 is 5.97 Å². The number of hydrogen-bond donors (Lipinski definition) is 1. The van der Waals surface area contributed by atoms with E-state index in [0.717, 1.165) is 30.1 Å². The SMILES string of the molecule is CN1CCc2nc(C(=O)O)sc2C1.[LiH]. The number of carboxylic acid groups (broad SMARTS) is 1. The van der Waals surface area contributed by atoms with Gasteiger partial charge in [0.25, 0.3) is 0 Å². The number of aromatic carboxylic acids is 1. The average Bonchev–Trinajstić information content (AvgIpc) is 2.46. The first-order valence-corrected chi connectivity index (χ1v) is 4.89. The molecule has 0 aromatic carbocycles. The van der Waals surface area contributed by atoms with Crippen molar-refractivity contribution in [2.24, 2.45) is 0 Å². The van der Waals surface area contributed by atoms with E-state index in [1.807, 2.05) is 7.05 Å². The maximum atomic E-state index is 10.6. The van der Waals surface area contributed by atoms with Crippen LogP contribution in [-0.4, -0.2) is 53.4 Å². The van der Waals surface area contributed by atoms with Crippen LogP contribution in [0.3, 0.4) is 0 Å². The Morgan fingerprint density at radius 1 is 1.64 bits per heavy atom. The van der Waals surface area contributed by atoms with Gasteiger partial charge in [0, 0.05) is 24.4 Å². The molecule has 2 rings (SSSR count).